The highest BCUT2D eigenvalue weighted by molar-refractivity contribution is 6.31. The first-order chi connectivity index (χ1) is 13.6. The summed E-state index contributed by atoms with van der Waals surface area (Å²) in [5, 5.41) is 1.77. The molecule has 4 rings (SSSR count). The number of aromatic nitrogens is 1. The van der Waals surface area contributed by atoms with Gasteiger partial charge in [0.2, 0.25) is 0 Å². The number of halogens is 3. The van der Waals surface area contributed by atoms with E-state index in [2.05, 4.69) is 4.57 Å². The lowest BCUT2D eigenvalue weighted by molar-refractivity contribution is 0.0744. The van der Waals surface area contributed by atoms with Gasteiger partial charge in [-0.25, -0.2) is 8.78 Å². The molecule has 0 aliphatic carbocycles. The molecule has 0 amide bonds. The van der Waals surface area contributed by atoms with Gasteiger partial charge in [-0.3, -0.25) is 0 Å². The van der Waals surface area contributed by atoms with Crippen LogP contribution in [0.15, 0.2) is 79.0 Å². The standard InChI is InChI=1S/C23H18ClF2NO/c24-19-5-10-22-18(15-19)11-12-27(22)13-14-28-23(16-1-6-20(25)7-2-16)17-3-8-21(26)9-4-17/h1-12,15,23H,13-14H2. The molecule has 0 aliphatic rings. The number of fused-ring (bicyclic) bond motifs is 1. The Bertz CT molecular complexity index is 1030. The third kappa shape index (κ3) is 4.08. The predicted octanol–water partition coefficient (Wildman–Crippen LogP) is 6.38. The predicted molar refractivity (Wildman–Crippen MR) is 108 cm³/mol. The van der Waals surface area contributed by atoms with Crippen molar-refractivity contribution in [2.75, 3.05) is 6.61 Å². The number of ether oxygens (including phenoxy) is 1. The summed E-state index contributed by atoms with van der Waals surface area (Å²) in [7, 11) is 0. The zero-order chi connectivity index (χ0) is 19.5. The van der Waals surface area contributed by atoms with Crippen molar-refractivity contribution in [2.45, 2.75) is 12.6 Å². The summed E-state index contributed by atoms with van der Waals surface area (Å²) in [5.41, 5.74) is 2.71. The van der Waals surface area contributed by atoms with E-state index in [1.54, 1.807) is 24.3 Å². The molecule has 28 heavy (non-hydrogen) atoms. The Hall–Kier alpha value is -2.69. The van der Waals surface area contributed by atoms with E-state index in [0.29, 0.717) is 18.2 Å². The Kier molecular flexibility index (Phi) is 5.42. The molecule has 142 valence electrons. The molecule has 1 heterocycles. The van der Waals surface area contributed by atoms with Gasteiger partial charge in [0.1, 0.15) is 17.7 Å². The molecule has 5 heteroatoms. The molecule has 0 fully saturated rings. The third-order valence-electron chi connectivity index (χ3n) is 4.70. The van der Waals surface area contributed by atoms with Gasteiger partial charge in [-0.1, -0.05) is 35.9 Å². The number of hydrogen-bond donors (Lipinski definition) is 0. The van der Waals surface area contributed by atoms with Crippen molar-refractivity contribution in [3.05, 3.63) is 107 Å². The van der Waals surface area contributed by atoms with E-state index in [9.17, 15) is 8.78 Å². The monoisotopic (exact) mass is 397 g/mol. The van der Waals surface area contributed by atoms with Crippen LogP contribution in [-0.2, 0) is 11.3 Å². The summed E-state index contributed by atoms with van der Waals surface area (Å²) < 4.78 is 34.9. The minimum Gasteiger partial charge on any atom is -0.367 e. The summed E-state index contributed by atoms with van der Waals surface area (Å²) in [6.07, 6.45) is 1.59. The second-order valence-electron chi connectivity index (χ2n) is 6.57. The first-order valence-corrected chi connectivity index (χ1v) is 9.35. The molecule has 0 aliphatic heterocycles. The van der Waals surface area contributed by atoms with Gasteiger partial charge in [-0.15, -0.1) is 0 Å². The number of rotatable bonds is 6. The largest absolute Gasteiger partial charge is 0.367 e. The second kappa shape index (κ2) is 8.13. The minimum atomic E-state index is -0.405. The molecule has 1 aromatic heterocycles. The fourth-order valence-electron chi connectivity index (χ4n) is 3.29. The van der Waals surface area contributed by atoms with Crippen LogP contribution in [-0.4, -0.2) is 11.2 Å². The number of hydrogen-bond acceptors (Lipinski definition) is 1. The molecule has 0 N–H and O–H groups in total. The molecular formula is C23H18ClF2NO. The molecule has 0 atom stereocenters. The van der Waals surface area contributed by atoms with Crippen LogP contribution in [0.25, 0.3) is 10.9 Å². The summed E-state index contributed by atoms with van der Waals surface area (Å²) >= 11 is 6.04. The van der Waals surface area contributed by atoms with Crippen molar-refractivity contribution >= 4 is 22.5 Å². The van der Waals surface area contributed by atoms with Crippen LogP contribution >= 0.6 is 11.6 Å². The van der Waals surface area contributed by atoms with E-state index in [0.717, 1.165) is 22.0 Å². The summed E-state index contributed by atoms with van der Waals surface area (Å²) in [6, 6.07) is 20.1. The van der Waals surface area contributed by atoms with Gasteiger partial charge in [-0.2, -0.15) is 0 Å². The fraction of sp³-hybridized carbons (Fsp3) is 0.130. The lowest BCUT2D eigenvalue weighted by Gasteiger charge is -2.19. The van der Waals surface area contributed by atoms with Gasteiger partial charge in [0.25, 0.3) is 0 Å². The summed E-state index contributed by atoms with van der Waals surface area (Å²) in [6.45, 7) is 1.08. The van der Waals surface area contributed by atoms with Gasteiger partial charge < -0.3 is 9.30 Å². The lowest BCUT2D eigenvalue weighted by atomic mass is 10.0. The summed E-state index contributed by atoms with van der Waals surface area (Å²) in [4.78, 5) is 0. The van der Waals surface area contributed by atoms with E-state index in [4.69, 9.17) is 16.3 Å². The van der Waals surface area contributed by atoms with Crippen molar-refractivity contribution in [3.8, 4) is 0 Å². The van der Waals surface area contributed by atoms with Crippen LogP contribution in [0.1, 0.15) is 17.2 Å². The Morgan fingerprint density at radius 1 is 0.821 bits per heavy atom. The van der Waals surface area contributed by atoms with E-state index in [1.807, 2.05) is 30.5 Å². The van der Waals surface area contributed by atoms with Gasteiger partial charge in [0, 0.05) is 28.7 Å². The number of nitrogens with zero attached hydrogens (tertiary/aromatic N) is 1. The van der Waals surface area contributed by atoms with Crippen molar-refractivity contribution in [1.29, 1.82) is 0 Å². The van der Waals surface area contributed by atoms with E-state index in [-0.39, 0.29) is 11.6 Å². The average molecular weight is 398 g/mol. The van der Waals surface area contributed by atoms with Crippen LogP contribution in [0.3, 0.4) is 0 Å². The SMILES string of the molecule is Fc1ccc(C(OCCn2ccc3cc(Cl)ccc32)c2ccc(F)cc2)cc1. The Labute approximate surface area is 166 Å². The molecule has 0 bridgehead atoms. The van der Waals surface area contributed by atoms with Crippen LogP contribution < -0.4 is 0 Å². The van der Waals surface area contributed by atoms with Crippen molar-refractivity contribution < 1.29 is 13.5 Å². The molecule has 4 aromatic rings. The van der Waals surface area contributed by atoms with Crippen LogP contribution in [0.4, 0.5) is 8.78 Å². The quantitative estimate of drug-likeness (QED) is 0.368. The highest BCUT2D eigenvalue weighted by Gasteiger charge is 2.15. The molecular weight excluding hydrogens is 380 g/mol. The molecule has 0 saturated carbocycles. The molecule has 2 nitrogen and oxygen atoms in total. The summed E-state index contributed by atoms with van der Waals surface area (Å²) in [5.74, 6) is -0.613. The van der Waals surface area contributed by atoms with E-state index >= 15 is 0 Å². The molecule has 3 aromatic carbocycles. The molecule has 0 radical (unpaired) electrons. The van der Waals surface area contributed by atoms with E-state index < -0.39 is 6.10 Å². The Morgan fingerprint density at radius 3 is 2.04 bits per heavy atom. The number of benzene rings is 3. The van der Waals surface area contributed by atoms with Crippen molar-refractivity contribution in [2.24, 2.45) is 0 Å². The first kappa shape index (κ1) is 18.7. The lowest BCUT2D eigenvalue weighted by Crippen LogP contribution is -2.11. The third-order valence-corrected chi connectivity index (χ3v) is 4.93. The average Bonchev–Trinajstić information content (AvgIpc) is 3.09. The molecule has 0 unspecified atom stereocenters. The molecule has 0 spiro atoms. The highest BCUT2D eigenvalue weighted by atomic mass is 35.5. The van der Waals surface area contributed by atoms with Crippen molar-refractivity contribution in [1.82, 2.24) is 4.57 Å². The zero-order valence-corrected chi connectivity index (χ0v) is 15.7. The highest BCUT2D eigenvalue weighted by Crippen LogP contribution is 2.27. The van der Waals surface area contributed by atoms with Crippen LogP contribution in [0.5, 0.6) is 0 Å². The van der Waals surface area contributed by atoms with Gasteiger partial charge in [0.15, 0.2) is 0 Å². The Morgan fingerprint density at radius 2 is 1.43 bits per heavy atom. The van der Waals surface area contributed by atoms with E-state index in [1.165, 1.54) is 24.3 Å². The second-order valence-corrected chi connectivity index (χ2v) is 7.00. The molecule has 0 saturated heterocycles. The topological polar surface area (TPSA) is 14.2 Å². The normalized spacial score (nSPS) is 11.4. The van der Waals surface area contributed by atoms with Gasteiger partial charge in [0.05, 0.1) is 6.61 Å². The van der Waals surface area contributed by atoms with Crippen molar-refractivity contribution in [3.63, 3.8) is 0 Å². The van der Waals surface area contributed by atoms with Gasteiger partial charge >= 0.3 is 0 Å². The smallest absolute Gasteiger partial charge is 0.123 e. The minimum absolute atomic E-state index is 0.306. The fourth-order valence-corrected chi connectivity index (χ4v) is 3.48. The van der Waals surface area contributed by atoms with Gasteiger partial charge in [-0.05, 0) is 59.7 Å². The van der Waals surface area contributed by atoms with Crippen LogP contribution in [0, 0.1) is 11.6 Å². The van der Waals surface area contributed by atoms with Crippen LogP contribution in [0.2, 0.25) is 5.02 Å². The first-order valence-electron chi connectivity index (χ1n) is 8.97. The zero-order valence-electron chi connectivity index (χ0n) is 15.0. The maximum Gasteiger partial charge on any atom is 0.123 e. The maximum atomic E-state index is 13.3. The maximum absolute atomic E-state index is 13.3. The Balaban J connectivity index is 1.53.